The second-order valence-corrected chi connectivity index (χ2v) is 4.44. The van der Waals surface area contributed by atoms with Gasteiger partial charge in [0.05, 0.1) is 0 Å². The van der Waals surface area contributed by atoms with Gasteiger partial charge in [0.2, 0.25) is 5.95 Å². The Morgan fingerprint density at radius 3 is 1.45 bits per heavy atom. The number of anilines is 2. The lowest BCUT2D eigenvalue weighted by Gasteiger charge is -2.12. The molecule has 0 atom stereocenters. The fourth-order valence-electron chi connectivity index (χ4n) is 1.80. The van der Waals surface area contributed by atoms with E-state index in [1.807, 2.05) is 36.4 Å². The molecule has 0 amide bonds. The summed E-state index contributed by atoms with van der Waals surface area (Å²) >= 11 is 0. The maximum Gasteiger partial charge on any atom is 0.251 e. The third-order valence-corrected chi connectivity index (χ3v) is 2.81. The average molecular weight is 294 g/mol. The number of nitrogens with two attached hydrogens (primary N) is 2. The summed E-state index contributed by atoms with van der Waals surface area (Å²) in [5.74, 6) is 1.52. The Morgan fingerprint density at radius 2 is 1.05 bits per heavy atom. The Labute approximate surface area is 127 Å². The van der Waals surface area contributed by atoms with Crippen LogP contribution in [0.5, 0.6) is 23.3 Å². The molecule has 22 heavy (non-hydrogen) atoms. The van der Waals surface area contributed by atoms with Crippen LogP contribution in [0.1, 0.15) is 0 Å². The van der Waals surface area contributed by atoms with Gasteiger partial charge in [-0.3, -0.25) is 0 Å². The van der Waals surface area contributed by atoms with Crippen molar-refractivity contribution in [2.24, 2.45) is 0 Å². The van der Waals surface area contributed by atoms with Crippen molar-refractivity contribution in [3.63, 3.8) is 0 Å². The topological polar surface area (TPSA) is 96.3 Å². The fourth-order valence-corrected chi connectivity index (χ4v) is 1.80. The van der Waals surface area contributed by atoms with E-state index in [0.717, 1.165) is 0 Å². The first-order chi connectivity index (χ1) is 10.7. The largest absolute Gasteiger partial charge is 0.437 e. The molecule has 0 aliphatic heterocycles. The van der Waals surface area contributed by atoms with Crippen LogP contribution >= 0.6 is 0 Å². The van der Waals surface area contributed by atoms with Gasteiger partial charge in [-0.2, -0.15) is 9.97 Å². The minimum absolute atomic E-state index is 0.0195. The molecule has 6 nitrogen and oxygen atoms in total. The predicted molar refractivity (Wildman–Crippen MR) is 83.9 cm³/mol. The smallest absolute Gasteiger partial charge is 0.251 e. The maximum atomic E-state index is 6.02. The molecule has 0 saturated carbocycles. The predicted octanol–water partition coefficient (Wildman–Crippen LogP) is 3.23. The van der Waals surface area contributed by atoms with E-state index in [1.165, 1.54) is 0 Å². The minimum atomic E-state index is 0.0195. The summed E-state index contributed by atoms with van der Waals surface area (Å²) < 4.78 is 11.3. The second kappa shape index (κ2) is 6.01. The Morgan fingerprint density at radius 1 is 0.636 bits per heavy atom. The lowest BCUT2D eigenvalue weighted by Crippen LogP contribution is -2.04. The number of nitrogens with zero attached hydrogens (tertiary/aromatic N) is 2. The van der Waals surface area contributed by atoms with Gasteiger partial charge in [0.1, 0.15) is 11.5 Å². The molecule has 0 aliphatic carbocycles. The van der Waals surface area contributed by atoms with E-state index in [-0.39, 0.29) is 23.4 Å². The van der Waals surface area contributed by atoms with E-state index in [0.29, 0.717) is 11.5 Å². The number of hydrogen-bond acceptors (Lipinski definition) is 6. The summed E-state index contributed by atoms with van der Waals surface area (Å²) in [7, 11) is 0. The van der Waals surface area contributed by atoms with E-state index < -0.39 is 0 Å². The molecule has 0 fully saturated rings. The molecule has 3 aromatic rings. The van der Waals surface area contributed by atoms with Crippen LogP contribution in [0.15, 0.2) is 60.7 Å². The molecule has 0 spiro atoms. The van der Waals surface area contributed by atoms with Crippen molar-refractivity contribution in [1.82, 2.24) is 9.97 Å². The van der Waals surface area contributed by atoms with Gasteiger partial charge in [-0.25, -0.2) is 0 Å². The van der Waals surface area contributed by atoms with Gasteiger partial charge in [0, 0.05) is 0 Å². The SMILES string of the molecule is Nc1nc(Oc2ccccc2)c(N)c(Oc2ccccc2)n1. The molecule has 110 valence electrons. The van der Waals surface area contributed by atoms with Crippen LogP contribution in [0.2, 0.25) is 0 Å². The molecule has 0 radical (unpaired) electrons. The van der Waals surface area contributed by atoms with E-state index >= 15 is 0 Å². The van der Waals surface area contributed by atoms with Gasteiger partial charge < -0.3 is 20.9 Å². The molecule has 0 aliphatic rings. The molecular weight excluding hydrogens is 280 g/mol. The standard InChI is InChI=1S/C16H14N4O2/c17-13-14(21-11-7-3-1-4-8-11)19-16(18)20-15(13)22-12-9-5-2-6-10-12/h1-10H,17H2,(H2,18,19,20). The number of benzene rings is 2. The van der Waals surface area contributed by atoms with Crippen LogP contribution in [0, 0.1) is 0 Å². The number of para-hydroxylation sites is 2. The van der Waals surface area contributed by atoms with Gasteiger partial charge >= 0.3 is 0 Å². The Kier molecular flexibility index (Phi) is 3.74. The maximum absolute atomic E-state index is 6.02. The highest BCUT2D eigenvalue weighted by Crippen LogP contribution is 2.34. The average Bonchev–Trinajstić information content (AvgIpc) is 2.54. The quantitative estimate of drug-likeness (QED) is 0.767. The van der Waals surface area contributed by atoms with Gasteiger partial charge in [0.15, 0.2) is 5.69 Å². The highest BCUT2D eigenvalue weighted by molar-refractivity contribution is 5.60. The molecule has 0 saturated heterocycles. The summed E-state index contributed by atoms with van der Waals surface area (Å²) in [6.45, 7) is 0. The first-order valence-corrected chi connectivity index (χ1v) is 6.61. The van der Waals surface area contributed by atoms with Gasteiger partial charge in [-0.15, -0.1) is 0 Å². The third-order valence-electron chi connectivity index (χ3n) is 2.81. The molecule has 1 heterocycles. The number of hydrogen-bond donors (Lipinski definition) is 2. The fraction of sp³-hybridized carbons (Fsp3) is 0. The van der Waals surface area contributed by atoms with Crippen LogP contribution in [0.4, 0.5) is 11.6 Å². The minimum Gasteiger partial charge on any atom is -0.437 e. The molecule has 6 heteroatoms. The van der Waals surface area contributed by atoms with Crippen LogP contribution < -0.4 is 20.9 Å². The zero-order chi connectivity index (χ0) is 15.4. The second-order valence-electron chi connectivity index (χ2n) is 4.44. The zero-order valence-corrected chi connectivity index (χ0v) is 11.6. The number of ether oxygens (including phenoxy) is 2. The van der Waals surface area contributed by atoms with Gasteiger partial charge in [0.25, 0.3) is 11.8 Å². The van der Waals surface area contributed by atoms with Crippen molar-refractivity contribution in [3.8, 4) is 23.3 Å². The normalized spacial score (nSPS) is 10.2. The molecule has 4 N–H and O–H groups in total. The van der Waals surface area contributed by atoms with E-state index in [9.17, 15) is 0 Å². The van der Waals surface area contributed by atoms with E-state index in [1.54, 1.807) is 24.3 Å². The number of nitrogen functional groups attached to an aromatic ring is 2. The van der Waals surface area contributed by atoms with Crippen molar-refractivity contribution in [2.45, 2.75) is 0 Å². The van der Waals surface area contributed by atoms with Crippen LogP contribution in [-0.4, -0.2) is 9.97 Å². The summed E-state index contributed by atoms with van der Waals surface area (Å²) in [4.78, 5) is 8.02. The van der Waals surface area contributed by atoms with Crippen LogP contribution in [0.25, 0.3) is 0 Å². The molecule has 3 rings (SSSR count). The van der Waals surface area contributed by atoms with E-state index in [4.69, 9.17) is 20.9 Å². The van der Waals surface area contributed by atoms with Crippen molar-refractivity contribution in [3.05, 3.63) is 60.7 Å². The van der Waals surface area contributed by atoms with Crippen molar-refractivity contribution in [2.75, 3.05) is 11.5 Å². The summed E-state index contributed by atoms with van der Waals surface area (Å²) in [5.41, 5.74) is 11.9. The Hall–Kier alpha value is -3.28. The Bertz CT molecular complexity index is 701. The van der Waals surface area contributed by atoms with Gasteiger partial charge in [-0.1, -0.05) is 36.4 Å². The van der Waals surface area contributed by atoms with Crippen LogP contribution in [-0.2, 0) is 0 Å². The van der Waals surface area contributed by atoms with Crippen LogP contribution in [0.3, 0.4) is 0 Å². The first kappa shape index (κ1) is 13.7. The zero-order valence-electron chi connectivity index (χ0n) is 11.6. The van der Waals surface area contributed by atoms with Crippen molar-refractivity contribution in [1.29, 1.82) is 0 Å². The van der Waals surface area contributed by atoms with Crippen molar-refractivity contribution < 1.29 is 9.47 Å². The molecule has 1 aromatic heterocycles. The lowest BCUT2D eigenvalue weighted by atomic mass is 10.3. The summed E-state index contributed by atoms with van der Waals surface area (Å²) in [6, 6.07) is 18.3. The highest BCUT2D eigenvalue weighted by atomic mass is 16.5. The van der Waals surface area contributed by atoms with Crippen molar-refractivity contribution >= 4 is 11.6 Å². The monoisotopic (exact) mass is 294 g/mol. The number of aromatic nitrogens is 2. The first-order valence-electron chi connectivity index (χ1n) is 6.61. The van der Waals surface area contributed by atoms with E-state index in [2.05, 4.69) is 9.97 Å². The molecule has 0 bridgehead atoms. The summed E-state index contributed by atoms with van der Waals surface area (Å²) in [6.07, 6.45) is 0. The summed E-state index contributed by atoms with van der Waals surface area (Å²) in [5, 5.41) is 0. The van der Waals surface area contributed by atoms with Gasteiger partial charge in [-0.05, 0) is 24.3 Å². The number of rotatable bonds is 4. The highest BCUT2D eigenvalue weighted by Gasteiger charge is 2.14. The molecule has 2 aromatic carbocycles. The lowest BCUT2D eigenvalue weighted by molar-refractivity contribution is 0.440. The Balaban J connectivity index is 1.92. The molecular formula is C16H14N4O2. The molecule has 0 unspecified atom stereocenters. The third kappa shape index (κ3) is 3.06.